The average Bonchev–Trinajstić information content (AvgIpc) is 2.64. The summed E-state index contributed by atoms with van der Waals surface area (Å²) in [7, 11) is 0. The van der Waals surface area contributed by atoms with Crippen molar-refractivity contribution >= 4 is 17.5 Å². The van der Waals surface area contributed by atoms with E-state index < -0.39 is 5.82 Å². The number of carbonyl (C=O) groups excluding carboxylic acids is 2. The Labute approximate surface area is 141 Å². The van der Waals surface area contributed by atoms with Gasteiger partial charge in [-0.3, -0.25) is 9.59 Å². The van der Waals surface area contributed by atoms with Gasteiger partial charge in [0.2, 0.25) is 11.8 Å². The third-order valence-corrected chi connectivity index (χ3v) is 4.90. The average molecular weight is 334 g/mol. The second kappa shape index (κ2) is 7.75. The Bertz CT molecular complexity index is 594. The first kappa shape index (κ1) is 16.9. The van der Waals surface area contributed by atoms with E-state index in [0.29, 0.717) is 52.0 Å². The van der Waals surface area contributed by atoms with Gasteiger partial charge in [-0.15, -0.1) is 0 Å². The van der Waals surface area contributed by atoms with Crippen LogP contribution < -0.4 is 5.32 Å². The summed E-state index contributed by atoms with van der Waals surface area (Å²) in [6, 6.07) is 6.17. The maximum absolute atomic E-state index is 13.6. The minimum absolute atomic E-state index is 0.000566. The van der Waals surface area contributed by atoms with Gasteiger partial charge in [-0.1, -0.05) is 12.1 Å². The van der Waals surface area contributed by atoms with Crippen LogP contribution in [0.3, 0.4) is 0 Å². The lowest BCUT2D eigenvalue weighted by molar-refractivity contribution is -0.141. The first-order valence-electron chi connectivity index (χ1n) is 8.57. The Hall–Kier alpha value is -1.95. The van der Waals surface area contributed by atoms with Gasteiger partial charge < -0.3 is 15.0 Å². The van der Waals surface area contributed by atoms with E-state index in [4.69, 9.17) is 4.74 Å². The van der Waals surface area contributed by atoms with Crippen molar-refractivity contribution in [3.05, 3.63) is 30.1 Å². The Kier molecular flexibility index (Phi) is 5.45. The molecule has 0 bridgehead atoms. The minimum atomic E-state index is -0.429. The van der Waals surface area contributed by atoms with E-state index in [1.807, 2.05) is 4.90 Å². The van der Waals surface area contributed by atoms with Crippen molar-refractivity contribution in [1.82, 2.24) is 4.90 Å². The van der Waals surface area contributed by atoms with Crippen LogP contribution in [0.1, 0.15) is 25.7 Å². The van der Waals surface area contributed by atoms with Crippen molar-refractivity contribution in [3.8, 4) is 0 Å². The third kappa shape index (κ3) is 3.93. The molecular weight excluding hydrogens is 311 g/mol. The van der Waals surface area contributed by atoms with Gasteiger partial charge in [0, 0.05) is 24.9 Å². The second-order valence-electron chi connectivity index (χ2n) is 6.46. The summed E-state index contributed by atoms with van der Waals surface area (Å²) in [5.74, 6) is -0.551. The molecule has 1 aromatic rings. The lowest BCUT2D eigenvalue weighted by atomic mass is 9.81. The maximum atomic E-state index is 13.6. The topological polar surface area (TPSA) is 58.6 Å². The van der Waals surface area contributed by atoms with Crippen LogP contribution in [0, 0.1) is 17.7 Å². The predicted octanol–water partition coefficient (Wildman–Crippen LogP) is 2.43. The number of benzene rings is 1. The molecule has 130 valence electrons. The fraction of sp³-hybridized carbons (Fsp3) is 0.556. The van der Waals surface area contributed by atoms with E-state index in [2.05, 4.69) is 5.32 Å². The molecule has 2 fully saturated rings. The summed E-state index contributed by atoms with van der Waals surface area (Å²) < 4.78 is 18.9. The molecule has 0 spiro atoms. The highest BCUT2D eigenvalue weighted by molar-refractivity contribution is 5.92. The highest BCUT2D eigenvalue weighted by Gasteiger charge is 2.32. The zero-order valence-electron chi connectivity index (χ0n) is 13.7. The van der Waals surface area contributed by atoms with Crippen molar-refractivity contribution in [2.24, 2.45) is 11.8 Å². The van der Waals surface area contributed by atoms with E-state index in [1.54, 1.807) is 18.2 Å². The molecule has 0 unspecified atom stereocenters. The number of ether oxygens (including phenoxy) is 1. The Morgan fingerprint density at radius 1 is 1.04 bits per heavy atom. The van der Waals surface area contributed by atoms with Crippen molar-refractivity contribution in [1.29, 1.82) is 0 Å². The molecule has 1 heterocycles. The van der Waals surface area contributed by atoms with E-state index in [1.165, 1.54) is 6.07 Å². The molecular formula is C18H23FN2O3. The highest BCUT2D eigenvalue weighted by atomic mass is 19.1. The highest BCUT2D eigenvalue weighted by Crippen LogP contribution is 2.31. The molecule has 2 aliphatic rings. The molecule has 1 aromatic carbocycles. The summed E-state index contributed by atoms with van der Waals surface area (Å²) in [4.78, 5) is 26.7. The van der Waals surface area contributed by atoms with Crippen LogP contribution in [0.25, 0.3) is 0 Å². The second-order valence-corrected chi connectivity index (χ2v) is 6.46. The summed E-state index contributed by atoms with van der Waals surface area (Å²) in [6.45, 7) is 2.53. The molecule has 1 saturated heterocycles. The number of nitrogens with one attached hydrogen (secondary N) is 1. The van der Waals surface area contributed by atoms with E-state index in [-0.39, 0.29) is 29.3 Å². The zero-order valence-corrected chi connectivity index (χ0v) is 13.7. The van der Waals surface area contributed by atoms with Crippen LogP contribution >= 0.6 is 0 Å². The normalized spacial score (nSPS) is 24.5. The molecule has 0 atom stereocenters. The molecule has 0 radical (unpaired) electrons. The van der Waals surface area contributed by atoms with Gasteiger partial charge in [0.05, 0.1) is 18.9 Å². The lowest BCUT2D eigenvalue weighted by Crippen LogP contribution is -2.44. The number of carbonyl (C=O) groups is 2. The van der Waals surface area contributed by atoms with Crippen LogP contribution in [-0.2, 0) is 14.3 Å². The fourth-order valence-corrected chi connectivity index (χ4v) is 3.44. The molecule has 1 aliphatic carbocycles. The number of halogens is 1. The monoisotopic (exact) mass is 334 g/mol. The van der Waals surface area contributed by atoms with Gasteiger partial charge in [-0.25, -0.2) is 4.39 Å². The molecule has 3 rings (SSSR count). The van der Waals surface area contributed by atoms with Crippen LogP contribution in [0.2, 0.25) is 0 Å². The minimum Gasteiger partial charge on any atom is -0.378 e. The standard InChI is InChI=1S/C18H23FN2O3/c19-15-3-1-2-4-16(15)20-17(22)13-5-7-14(8-6-13)18(23)21-9-11-24-12-10-21/h1-4,13-14H,5-12H2,(H,20,22). The number of morpholine rings is 1. The number of rotatable bonds is 3. The molecule has 1 N–H and O–H groups in total. The Morgan fingerprint density at radius 2 is 1.67 bits per heavy atom. The SMILES string of the molecule is O=C(Nc1ccccc1F)C1CCC(C(=O)N2CCOCC2)CC1. The molecule has 1 saturated carbocycles. The summed E-state index contributed by atoms with van der Waals surface area (Å²) in [5.41, 5.74) is 0.217. The van der Waals surface area contributed by atoms with Crippen LogP contribution in [0.15, 0.2) is 24.3 Å². The van der Waals surface area contributed by atoms with Gasteiger partial charge in [0.1, 0.15) is 5.82 Å². The third-order valence-electron chi connectivity index (χ3n) is 4.90. The Morgan fingerprint density at radius 3 is 2.33 bits per heavy atom. The van der Waals surface area contributed by atoms with E-state index >= 15 is 0 Å². The van der Waals surface area contributed by atoms with Gasteiger partial charge in [-0.2, -0.15) is 0 Å². The van der Waals surface area contributed by atoms with Gasteiger partial charge in [0.15, 0.2) is 0 Å². The van der Waals surface area contributed by atoms with E-state index in [0.717, 1.165) is 0 Å². The molecule has 2 amide bonds. The zero-order chi connectivity index (χ0) is 16.9. The number of hydrogen-bond acceptors (Lipinski definition) is 3. The van der Waals surface area contributed by atoms with Crippen molar-refractivity contribution < 1.29 is 18.7 Å². The largest absolute Gasteiger partial charge is 0.378 e. The van der Waals surface area contributed by atoms with Gasteiger partial charge in [-0.05, 0) is 37.8 Å². The summed E-state index contributed by atoms with van der Waals surface area (Å²) >= 11 is 0. The van der Waals surface area contributed by atoms with Crippen LogP contribution in [-0.4, -0.2) is 43.0 Å². The molecule has 5 nitrogen and oxygen atoms in total. The summed E-state index contributed by atoms with van der Waals surface area (Å²) in [5, 5.41) is 2.66. The van der Waals surface area contributed by atoms with Crippen molar-refractivity contribution in [2.45, 2.75) is 25.7 Å². The number of amides is 2. The molecule has 1 aliphatic heterocycles. The number of nitrogens with zero attached hydrogens (tertiary/aromatic N) is 1. The number of hydrogen-bond donors (Lipinski definition) is 1. The first-order chi connectivity index (χ1) is 11.6. The van der Waals surface area contributed by atoms with Gasteiger partial charge >= 0.3 is 0 Å². The van der Waals surface area contributed by atoms with E-state index in [9.17, 15) is 14.0 Å². The summed E-state index contributed by atoms with van der Waals surface area (Å²) in [6.07, 6.45) is 2.76. The van der Waals surface area contributed by atoms with Crippen LogP contribution in [0.4, 0.5) is 10.1 Å². The predicted molar refractivity (Wildman–Crippen MR) is 87.9 cm³/mol. The first-order valence-corrected chi connectivity index (χ1v) is 8.57. The fourth-order valence-electron chi connectivity index (χ4n) is 3.44. The number of anilines is 1. The smallest absolute Gasteiger partial charge is 0.227 e. The Balaban J connectivity index is 1.50. The van der Waals surface area contributed by atoms with Crippen molar-refractivity contribution in [2.75, 3.05) is 31.6 Å². The lowest BCUT2D eigenvalue weighted by Gasteiger charge is -2.33. The van der Waals surface area contributed by atoms with Crippen LogP contribution in [0.5, 0.6) is 0 Å². The molecule has 24 heavy (non-hydrogen) atoms. The maximum Gasteiger partial charge on any atom is 0.227 e. The number of para-hydroxylation sites is 1. The van der Waals surface area contributed by atoms with Gasteiger partial charge in [0.25, 0.3) is 0 Å². The quantitative estimate of drug-likeness (QED) is 0.924. The molecule has 0 aromatic heterocycles. The molecule has 6 heteroatoms. The van der Waals surface area contributed by atoms with Crippen molar-refractivity contribution in [3.63, 3.8) is 0 Å².